The van der Waals surface area contributed by atoms with Gasteiger partial charge in [-0.05, 0) is 36.2 Å². The molecule has 0 bridgehead atoms. The molecular weight excluding hydrogens is 336 g/mol. The van der Waals surface area contributed by atoms with Gasteiger partial charge in [-0.25, -0.2) is 0 Å². The topological polar surface area (TPSA) is 40.6 Å². The maximum Gasteiger partial charge on any atom is 0.253 e. The maximum atomic E-state index is 12.5. The number of rotatable bonds is 5. The molecule has 4 nitrogen and oxygen atoms in total. The molecule has 2 aromatic rings. The maximum absolute atomic E-state index is 12.5. The van der Waals surface area contributed by atoms with Crippen LogP contribution in [0.25, 0.3) is 0 Å². The van der Waals surface area contributed by atoms with Gasteiger partial charge in [-0.2, -0.15) is 0 Å². The third kappa shape index (κ3) is 4.68. The molecule has 2 aromatic carbocycles. The van der Waals surface area contributed by atoms with E-state index in [2.05, 4.69) is 4.90 Å². The lowest BCUT2D eigenvalue weighted by Crippen LogP contribution is -2.49. The lowest BCUT2D eigenvalue weighted by molar-refractivity contribution is 0.0638. The lowest BCUT2D eigenvalue weighted by Gasteiger charge is -2.34. The molecule has 0 radical (unpaired) electrons. The van der Waals surface area contributed by atoms with Crippen molar-refractivity contribution in [3.05, 3.63) is 70.2 Å². The Balaban J connectivity index is 1.47. The predicted molar refractivity (Wildman–Crippen MR) is 99.3 cm³/mol. The Morgan fingerprint density at radius 3 is 2.20 bits per heavy atom. The number of carbonyl (C=O) groups is 2. The summed E-state index contributed by atoms with van der Waals surface area (Å²) in [4.78, 5) is 27.4. The third-order valence-corrected chi connectivity index (χ3v) is 4.84. The fourth-order valence-corrected chi connectivity index (χ4v) is 3.13. The van der Waals surface area contributed by atoms with Gasteiger partial charge in [0, 0.05) is 48.9 Å². The summed E-state index contributed by atoms with van der Waals surface area (Å²) in [5.74, 6) is 0.0702. The minimum absolute atomic E-state index is 0.0702. The van der Waals surface area contributed by atoms with Crippen LogP contribution in [-0.2, 0) is 6.42 Å². The first-order valence-corrected chi connectivity index (χ1v) is 8.85. The molecule has 1 saturated heterocycles. The number of aldehydes is 1. The molecule has 130 valence electrons. The van der Waals surface area contributed by atoms with Gasteiger partial charge < -0.3 is 4.90 Å². The van der Waals surface area contributed by atoms with Crippen molar-refractivity contribution in [1.29, 1.82) is 0 Å². The molecule has 0 aromatic heterocycles. The number of nitrogens with zero attached hydrogens (tertiary/aromatic N) is 2. The molecule has 0 unspecified atom stereocenters. The van der Waals surface area contributed by atoms with E-state index < -0.39 is 0 Å². The Kier molecular flexibility index (Phi) is 5.84. The van der Waals surface area contributed by atoms with Crippen LogP contribution < -0.4 is 0 Å². The number of carbonyl (C=O) groups excluding carboxylic acids is 2. The zero-order valence-electron chi connectivity index (χ0n) is 14.0. The van der Waals surface area contributed by atoms with Crippen molar-refractivity contribution in [3.63, 3.8) is 0 Å². The van der Waals surface area contributed by atoms with E-state index >= 15 is 0 Å². The van der Waals surface area contributed by atoms with E-state index in [4.69, 9.17) is 11.6 Å². The smallest absolute Gasteiger partial charge is 0.253 e. The molecule has 0 spiro atoms. The van der Waals surface area contributed by atoms with Crippen molar-refractivity contribution in [2.75, 3.05) is 32.7 Å². The van der Waals surface area contributed by atoms with Crippen LogP contribution in [0.15, 0.2) is 48.5 Å². The van der Waals surface area contributed by atoms with Gasteiger partial charge in [-0.1, -0.05) is 35.9 Å². The summed E-state index contributed by atoms with van der Waals surface area (Å²) < 4.78 is 0. The zero-order valence-corrected chi connectivity index (χ0v) is 14.8. The summed E-state index contributed by atoms with van der Waals surface area (Å²) in [6.07, 6.45) is 1.81. The molecular formula is C20H21ClN2O2. The molecule has 1 heterocycles. The van der Waals surface area contributed by atoms with Gasteiger partial charge in [0.05, 0.1) is 0 Å². The van der Waals surface area contributed by atoms with E-state index in [1.807, 2.05) is 29.2 Å². The van der Waals surface area contributed by atoms with Gasteiger partial charge in [0.2, 0.25) is 0 Å². The van der Waals surface area contributed by atoms with Crippen molar-refractivity contribution < 1.29 is 9.59 Å². The number of hydrogen-bond acceptors (Lipinski definition) is 3. The first-order valence-electron chi connectivity index (χ1n) is 8.47. The van der Waals surface area contributed by atoms with Crippen LogP contribution in [-0.4, -0.2) is 54.7 Å². The minimum atomic E-state index is 0.0702. The Labute approximate surface area is 153 Å². The van der Waals surface area contributed by atoms with Crippen molar-refractivity contribution in [1.82, 2.24) is 9.80 Å². The van der Waals surface area contributed by atoms with Crippen LogP contribution in [0.4, 0.5) is 0 Å². The lowest BCUT2D eigenvalue weighted by atomic mass is 10.1. The standard InChI is InChI=1S/C20H21ClN2O2/c21-19-7-5-18(6-8-19)20(25)23-13-11-22(12-14-23)10-9-16-1-3-17(15-24)4-2-16/h1-8,15H,9-14H2. The molecule has 0 aliphatic carbocycles. The average molecular weight is 357 g/mol. The molecule has 1 aliphatic heterocycles. The van der Waals surface area contributed by atoms with Crippen molar-refractivity contribution in [3.8, 4) is 0 Å². The number of halogens is 1. The zero-order chi connectivity index (χ0) is 17.6. The van der Waals surface area contributed by atoms with Crippen molar-refractivity contribution >= 4 is 23.8 Å². The van der Waals surface area contributed by atoms with E-state index in [9.17, 15) is 9.59 Å². The molecule has 1 aliphatic rings. The third-order valence-electron chi connectivity index (χ3n) is 4.58. The monoisotopic (exact) mass is 356 g/mol. The molecule has 0 N–H and O–H groups in total. The van der Waals surface area contributed by atoms with Crippen LogP contribution in [0.2, 0.25) is 5.02 Å². The molecule has 0 saturated carbocycles. The van der Waals surface area contributed by atoms with Crippen LogP contribution in [0.1, 0.15) is 26.3 Å². The fraction of sp³-hybridized carbons (Fsp3) is 0.300. The van der Waals surface area contributed by atoms with Crippen LogP contribution in [0.3, 0.4) is 0 Å². The molecule has 0 atom stereocenters. The predicted octanol–water partition coefficient (Wildman–Crippen LogP) is 3.15. The summed E-state index contributed by atoms with van der Waals surface area (Å²) in [5.41, 5.74) is 2.62. The highest BCUT2D eigenvalue weighted by atomic mass is 35.5. The molecule has 3 rings (SSSR count). The quantitative estimate of drug-likeness (QED) is 0.773. The highest BCUT2D eigenvalue weighted by molar-refractivity contribution is 6.30. The van der Waals surface area contributed by atoms with Gasteiger partial charge in [-0.3, -0.25) is 14.5 Å². The Morgan fingerprint density at radius 1 is 0.960 bits per heavy atom. The van der Waals surface area contributed by atoms with Crippen LogP contribution >= 0.6 is 11.6 Å². The van der Waals surface area contributed by atoms with E-state index in [-0.39, 0.29) is 5.91 Å². The van der Waals surface area contributed by atoms with Gasteiger partial charge in [-0.15, -0.1) is 0 Å². The Morgan fingerprint density at radius 2 is 1.60 bits per heavy atom. The second-order valence-corrected chi connectivity index (χ2v) is 6.69. The summed E-state index contributed by atoms with van der Waals surface area (Å²) in [5, 5.41) is 0.641. The number of amides is 1. The van der Waals surface area contributed by atoms with Crippen LogP contribution in [0, 0.1) is 0 Å². The van der Waals surface area contributed by atoms with E-state index in [1.165, 1.54) is 5.56 Å². The average Bonchev–Trinajstić information content (AvgIpc) is 2.67. The van der Waals surface area contributed by atoms with Crippen molar-refractivity contribution in [2.24, 2.45) is 0 Å². The number of hydrogen-bond donors (Lipinski definition) is 0. The van der Waals surface area contributed by atoms with Gasteiger partial charge in [0.25, 0.3) is 5.91 Å². The molecule has 25 heavy (non-hydrogen) atoms. The largest absolute Gasteiger partial charge is 0.336 e. The number of piperazine rings is 1. The fourth-order valence-electron chi connectivity index (χ4n) is 3.00. The minimum Gasteiger partial charge on any atom is -0.336 e. The first kappa shape index (κ1) is 17.6. The second-order valence-electron chi connectivity index (χ2n) is 6.25. The highest BCUT2D eigenvalue weighted by Crippen LogP contribution is 2.13. The SMILES string of the molecule is O=Cc1ccc(CCN2CCN(C(=O)c3ccc(Cl)cc3)CC2)cc1. The van der Waals surface area contributed by atoms with Gasteiger partial charge in [0.1, 0.15) is 6.29 Å². The summed E-state index contributed by atoms with van der Waals surface area (Å²) in [7, 11) is 0. The van der Waals surface area contributed by atoms with Crippen LogP contribution in [0.5, 0.6) is 0 Å². The van der Waals surface area contributed by atoms with Crippen molar-refractivity contribution in [2.45, 2.75) is 6.42 Å². The van der Waals surface area contributed by atoms with E-state index in [0.29, 0.717) is 16.1 Å². The van der Waals surface area contributed by atoms with Gasteiger partial charge >= 0.3 is 0 Å². The molecule has 5 heteroatoms. The summed E-state index contributed by atoms with van der Waals surface area (Å²) in [6, 6.07) is 14.8. The summed E-state index contributed by atoms with van der Waals surface area (Å²) in [6.45, 7) is 4.21. The molecule has 1 fully saturated rings. The number of benzene rings is 2. The molecule has 1 amide bonds. The first-order chi connectivity index (χ1) is 12.2. The highest BCUT2D eigenvalue weighted by Gasteiger charge is 2.21. The Bertz CT molecular complexity index is 720. The van der Waals surface area contributed by atoms with E-state index in [1.54, 1.807) is 24.3 Å². The van der Waals surface area contributed by atoms with Gasteiger partial charge in [0.15, 0.2) is 0 Å². The Hall–Kier alpha value is -2.17. The van der Waals surface area contributed by atoms with E-state index in [0.717, 1.165) is 45.4 Å². The second kappa shape index (κ2) is 8.28. The normalized spacial score (nSPS) is 15.2. The summed E-state index contributed by atoms with van der Waals surface area (Å²) >= 11 is 5.87.